The van der Waals surface area contributed by atoms with Gasteiger partial charge < -0.3 is 10.6 Å². The lowest BCUT2D eigenvalue weighted by Crippen LogP contribution is -2.25. The summed E-state index contributed by atoms with van der Waals surface area (Å²) in [5.74, 6) is 0. The number of hydrogen-bond donors (Lipinski definition) is 2. The molecule has 0 saturated carbocycles. The molecule has 2 aromatic heterocycles. The maximum Gasteiger partial charge on any atom is 0.319 e. The van der Waals surface area contributed by atoms with E-state index in [1.165, 1.54) is 30.4 Å². The molecule has 3 rings (SSSR count). The third-order valence-corrected chi connectivity index (χ3v) is 4.60. The van der Waals surface area contributed by atoms with Crippen LogP contribution in [0.1, 0.15) is 0 Å². The molecule has 3 amide bonds. The molecule has 0 saturated heterocycles. The molecule has 0 unspecified atom stereocenters. The molecule has 0 fully saturated rings. The Morgan fingerprint density at radius 1 is 1.15 bits per heavy atom. The molecule has 27 heavy (non-hydrogen) atoms. The van der Waals surface area contributed by atoms with Crippen molar-refractivity contribution in [3.05, 3.63) is 51.9 Å². The molecule has 0 radical (unpaired) electrons. The van der Waals surface area contributed by atoms with E-state index >= 15 is 0 Å². The van der Waals surface area contributed by atoms with E-state index in [-0.39, 0.29) is 20.9 Å². The maximum atomic E-state index is 11.9. The van der Waals surface area contributed by atoms with Crippen molar-refractivity contribution >= 4 is 75.2 Å². The standard InChI is InChI=1S/C17H12Cl3N5O2/c1-21-17(27)24-13-9-3-2-4-12(14(9)23-7-11(13)19)25(8-26)15-10(18)5-6-22-16(15)20/h2-8H,1H3,(H2,21,23,24,27). The fourth-order valence-corrected chi connectivity index (χ4v) is 3.26. The van der Waals surface area contributed by atoms with Crippen molar-refractivity contribution in [2.75, 3.05) is 17.3 Å². The van der Waals surface area contributed by atoms with Crippen molar-refractivity contribution in [1.82, 2.24) is 15.3 Å². The van der Waals surface area contributed by atoms with E-state index in [4.69, 9.17) is 34.8 Å². The van der Waals surface area contributed by atoms with Crippen LogP contribution < -0.4 is 15.5 Å². The highest BCUT2D eigenvalue weighted by molar-refractivity contribution is 6.39. The van der Waals surface area contributed by atoms with Gasteiger partial charge in [0.25, 0.3) is 0 Å². The number of fused-ring (bicyclic) bond motifs is 1. The zero-order valence-electron chi connectivity index (χ0n) is 13.8. The topological polar surface area (TPSA) is 87.2 Å². The maximum absolute atomic E-state index is 11.9. The van der Waals surface area contributed by atoms with Crippen LogP contribution in [0.15, 0.2) is 36.7 Å². The van der Waals surface area contributed by atoms with Gasteiger partial charge in [-0.3, -0.25) is 14.7 Å². The molecule has 1 aromatic carbocycles. The zero-order chi connectivity index (χ0) is 19.6. The largest absolute Gasteiger partial charge is 0.341 e. The first-order chi connectivity index (χ1) is 13.0. The van der Waals surface area contributed by atoms with Crippen LogP contribution in [0.25, 0.3) is 10.9 Å². The van der Waals surface area contributed by atoms with Crippen LogP contribution in [-0.2, 0) is 4.79 Å². The lowest BCUT2D eigenvalue weighted by molar-refractivity contribution is -0.106. The third-order valence-electron chi connectivity index (χ3n) is 3.73. The first-order valence-electron chi connectivity index (χ1n) is 7.58. The van der Waals surface area contributed by atoms with Crippen molar-refractivity contribution in [2.45, 2.75) is 0 Å². The summed E-state index contributed by atoms with van der Waals surface area (Å²) in [7, 11) is 1.48. The molecule has 3 aromatic rings. The van der Waals surface area contributed by atoms with Crippen molar-refractivity contribution in [1.29, 1.82) is 0 Å². The van der Waals surface area contributed by atoms with Crippen molar-refractivity contribution in [3.63, 3.8) is 0 Å². The number of para-hydroxylation sites is 1. The van der Waals surface area contributed by atoms with Gasteiger partial charge in [-0.15, -0.1) is 0 Å². The normalized spacial score (nSPS) is 10.5. The number of benzene rings is 1. The number of rotatable bonds is 4. The molecular formula is C17H12Cl3N5O2. The van der Waals surface area contributed by atoms with E-state index in [0.29, 0.717) is 28.7 Å². The predicted molar refractivity (Wildman–Crippen MR) is 107 cm³/mol. The molecule has 0 bridgehead atoms. The Labute approximate surface area is 169 Å². The van der Waals surface area contributed by atoms with Gasteiger partial charge in [-0.25, -0.2) is 9.78 Å². The van der Waals surface area contributed by atoms with E-state index in [1.54, 1.807) is 18.2 Å². The number of pyridine rings is 2. The summed E-state index contributed by atoms with van der Waals surface area (Å²) in [6, 6.07) is 6.16. The van der Waals surface area contributed by atoms with Crippen LogP contribution in [0.5, 0.6) is 0 Å². The second kappa shape index (κ2) is 7.96. The number of halogens is 3. The number of hydrogen-bond acceptors (Lipinski definition) is 4. The number of amides is 3. The Bertz CT molecular complexity index is 1020. The molecule has 2 N–H and O–H groups in total. The summed E-state index contributed by atoms with van der Waals surface area (Å²) >= 11 is 18.6. The number of aromatic nitrogens is 2. The first-order valence-corrected chi connectivity index (χ1v) is 8.71. The summed E-state index contributed by atoms with van der Waals surface area (Å²) in [4.78, 5) is 33.2. The summed E-state index contributed by atoms with van der Waals surface area (Å²) < 4.78 is 0. The molecule has 10 heteroatoms. The average Bonchev–Trinajstić information content (AvgIpc) is 2.66. The summed E-state index contributed by atoms with van der Waals surface area (Å²) in [6.45, 7) is 0. The smallest absolute Gasteiger partial charge is 0.319 e. The molecule has 0 aliphatic heterocycles. The molecule has 7 nitrogen and oxygen atoms in total. The number of carbonyl (C=O) groups excluding carboxylic acids is 2. The quantitative estimate of drug-likeness (QED) is 0.472. The summed E-state index contributed by atoms with van der Waals surface area (Å²) in [5, 5.41) is 6.20. The second-order valence-electron chi connectivity index (χ2n) is 5.27. The minimum atomic E-state index is -0.444. The minimum Gasteiger partial charge on any atom is -0.341 e. The van der Waals surface area contributed by atoms with Crippen LogP contribution in [-0.4, -0.2) is 29.5 Å². The third kappa shape index (κ3) is 3.62. The van der Waals surface area contributed by atoms with Crippen LogP contribution in [0.2, 0.25) is 15.2 Å². The molecular weight excluding hydrogens is 413 g/mol. The van der Waals surface area contributed by atoms with Gasteiger partial charge in [-0.1, -0.05) is 46.9 Å². The lowest BCUT2D eigenvalue weighted by atomic mass is 10.1. The fraction of sp³-hybridized carbons (Fsp3) is 0.0588. The first kappa shape index (κ1) is 19.2. The highest BCUT2D eigenvalue weighted by Crippen LogP contribution is 2.40. The van der Waals surface area contributed by atoms with Crippen molar-refractivity contribution in [2.24, 2.45) is 0 Å². The average molecular weight is 425 g/mol. The van der Waals surface area contributed by atoms with Gasteiger partial charge in [0.15, 0.2) is 5.15 Å². The Kier molecular flexibility index (Phi) is 5.65. The number of urea groups is 1. The fourth-order valence-electron chi connectivity index (χ4n) is 2.53. The van der Waals surface area contributed by atoms with Gasteiger partial charge in [0.2, 0.25) is 6.41 Å². The van der Waals surface area contributed by atoms with Crippen molar-refractivity contribution in [3.8, 4) is 0 Å². The Hall–Kier alpha value is -2.61. The molecule has 2 heterocycles. The molecule has 0 spiro atoms. The Morgan fingerprint density at radius 3 is 2.59 bits per heavy atom. The molecule has 0 aliphatic rings. The highest BCUT2D eigenvalue weighted by Gasteiger charge is 2.21. The van der Waals surface area contributed by atoms with Gasteiger partial charge in [0.1, 0.15) is 5.69 Å². The van der Waals surface area contributed by atoms with Gasteiger partial charge in [-0.05, 0) is 12.1 Å². The number of nitrogens with one attached hydrogen (secondary N) is 2. The molecule has 0 atom stereocenters. The van der Waals surface area contributed by atoms with Gasteiger partial charge in [0.05, 0.1) is 26.9 Å². The SMILES string of the molecule is CNC(=O)Nc1c(Cl)cnc2c(N(C=O)c3c(Cl)ccnc3Cl)cccc12. The van der Waals surface area contributed by atoms with E-state index in [9.17, 15) is 9.59 Å². The van der Waals surface area contributed by atoms with E-state index in [2.05, 4.69) is 20.6 Å². The van der Waals surface area contributed by atoms with Gasteiger partial charge in [-0.2, -0.15) is 0 Å². The summed E-state index contributed by atoms with van der Waals surface area (Å²) in [5.41, 5.74) is 1.39. The van der Waals surface area contributed by atoms with E-state index < -0.39 is 6.03 Å². The minimum absolute atomic E-state index is 0.0595. The van der Waals surface area contributed by atoms with Crippen LogP contribution in [0.3, 0.4) is 0 Å². The van der Waals surface area contributed by atoms with E-state index in [0.717, 1.165) is 0 Å². The Morgan fingerprint density at radius 2 is 1.93 bits per heavy atom. The molecule has 0 aliphatic carbocycles. The molecule has 138 valence electrons. The Balaban J connectivity index is 2.24. The number of carbonyl (C=O) groups is 2. The summed E-state index contributed by atoms with van der Waals surface area (Å²) in [6.07, 6.45) is 3.38. The van der Waals surface area contributed by atoms with Crippen molar-refractivity contribution < 1.29 is 9.59 Å². The van der Waals surface area contributed by atoms with Gasteiger partial charge >= 0.3 is 6.03 Å². The van der Waals surface area contributed by atoms with Gasteiger partial charge in [0, 0.05) is 24.8 Å². The van der Waals surface area contributed by atoms with E-state index in [1.807, 2.05) is 0 Å². The monoisotopic (exact) mass is 423 g/mol. The number of anilines is 3. The van der Waals surface area contributed by atoms with Crippen LogP contribution >= 0.6 is 34.8 Å². The second-order valence-corrected chi connectivity index (χ2v) is 6.44. The highest BCUT2D eigenvalue weighted by atomic mass is 35.5. The van der Waals surface area contributed by atoms with Crippen LogP contribution in [0.4, 0.5) is 21.9 Å². The lowest BCUT2D eigenvalue weighted by Gasteiger charge is -2.21. The number of nitrogens with zero attached hydrogens (tertiary/aromatic N) is 3. The van der Waals surface area contributed by atoms with Crippen LogP contribution in [0, 0.1) is 0 Å². The predicted octanol–water partition coefficient (Wildman–Crippen LogP) is 4.64. The zero-order valence-corrected chi connectivity index (χ0v) is 16.1.